The first-order chi connectivity index (χ1) is 8.74. The van der Waals surface area contributed by atoms with E-state index in [1.165, 1.54) is 25.7 Å². The van der Waals surface area contributed by atoms with Crippen molar-refractivity contribution in [2.75, 3.05) is 11.9 Å². The van der Waals surface area contributed by atoms with Crippen molar-refractivity contribution in [1.29, 1.82) is 0 Å². The van der Waals surface area contributed by atoms with E-state index in [1.54, 1.807) is 6.20 Å². The number of hydrogen-bond donors (Lipinski definition) is 2. The first-order valence-corrected chi connectivity index (χ1v) is 7.12. The summed E-state index contributed by atoms with van der Waals surface area (Å²) in [4.78, 5) is 4.58. The Labute approximate surface area is 113 Å². The summed E-state index contributed by atoms with van der Waals surface area (Å²) < 4.78 is 0. The Morgan fingerprint density at radius 3 is 3.00 bits per heavy atom. The predicted octanol–water partition coefficient (Wildman–Crippen LogP) is 2.56. The molecule has 2 fully saturated rings. The molecule has 2 bridgehead atoms. The molecule has 96 valence electrons. The van der Waals surface area contributed by atoms with Gasteiger partial charge in [0.05, 0.1) is 11.9 Å². The van der Waals surface area contributed by atoms with E-state index < -0.39 is 0 Å². The molecule has 0 aliphatic heterocycles. The average molecular weight is 261 g/mol. The maximum Gasteiger partial charge on any atom is 0.106 e. The lowest BCUT2D eigenvalue weighted by molar-refractivity contribution is 0.348. The number of anilines is 1. The molecular weight excluding hydrogens is 242 g/mol. The zero-order chi connectivity index (χ0) is 12.5. The molecule has 2 saturated carbocycles. The Balaban J connectivity index is 1.65. The van der Waals surface area contributed by atoms with Crippen LogP contribution < -0.4 is 11.1 Å². The van der Waals surface area contributed by atoms with Crippen LogP contribution in [0.4, 0.5) is 5.69 Å². The number of aromatic nitrogens is 1. The summed E-state index contributed by atoms with van der Waals surface area (Å²) in [5, 5.41) is 3.49. The summed E-state index contributed by atoms with van der Waals surface area (Å²) in [5.74, 6) is 2.75. The van der Waals surface area contributed by atoms with E-state index >= 15 is 0 Å². The first-order valence-electron chi connectivity index (χ1n) is 6.71. The Morgan fingerprint density at radius 1 is 1.44 bits per heavy atom. The van der Waals surface area contributed by atoms with Crippen molar-refractivity contribution < 1.29 is 0 Å². The van der Waals surface area contributed by atoms with Crippen LogP contribution in [0.1, 0.15) is 31.2 Å². The molecule has 18 heavy (non-hydrogen) atoms. The summed E-state index contributed by atoms with van der Waals surface area (Å²) in [6, 6.07) is 1.88. The van der Waals surface area contributed by atoms with Gasteiger partial charge in [-0.1, -0.05) is 18.6 Å². The molecule has 0 radical (unpaired) electrons. The molecule has 3 rings (SSSR count). The number of thiocarbonyl (C=S) groups is 1. The number of nitrogens with one attached hydrogen (secondary N) is 1. The van der Waals surface area contributed by atoms with Crippen LogP contribution >= 0.6 is 12.2 Å². The van der Waals surface area contributed by atoms with Crippen LogP contribution in [0, 0.1) is 17.8 Å². The number of nitrogens with zero attached hydrogens (tertiary/aromatic N) is 1. The van der Waals surface area contributed by atoms with Crippen LogP contribution in [0.15, 0.2) is 18.5 Å². The predicted molar refractivity (Wildman–Crippen MR) is 77.6 cm³/mol. The summed E-state index contributed by atoms with van der Waals surface area (Å²) >= 11 is 5.06. The second-order valence-electron chi connectivity index (χ2n) is 5.60. The monoisotopic (exact) mass is 261 g/mol. The molecule has 0 saturated heterocycles. The van der Waals surface area contributed by atoms with E-state index in [0.29, 0.717) is 4.99 Å². The van der Waals surface area contributed by atoms with Gasteiger partial charge in [0.2, 0.25) is 0 Å². The number of hydrogen-bond acceptors (Lipinski definition) is 3. The fourth-order valence-electron chi connectivity index (χ4n) is 3.62. The van der Waals surface area contributed by atoms with Gasteiger partial charge in [-0.15, -0.1) is 0 Å². The summed E-state index contributed by atoms with van der Waals surface area (Å²) in [5.41, 5.74) is 7.61. The second kappa shape index (κ2) is 4.84. The topological polar surface area (TPSA) is 50.9 Å². The van der Waals surface area contributed by atoms with Crippen LogP contribution in [0.25, 0.3) is 0 Å². The SMILES string of the molecule is NC(=S)c1ccncc1NCC1CC2CCC1C2. The van der Waals surface area contributed by atoms with Crippen LogP contribution in [-0.4, -0.2) is 16.5 Å². The lowest BCUT2D eigenvalue weighted by Crippen LogP contribution is -2.22. The van der Waals surface area contributed by atoms with Gasteiger partial charge in [0.25, 0.3) is 0 Å². The molecule has 0 spiro atoms. The molecule has 3 unspecified atom stereocenters. The molecule has 4 heteroatoms. The van der Waals surface area contributed by atoms with Crippen molar-refractivity contribution in [3.63, 3.8) is 0 Å². The summed E-state index contributed by atoms with van der Waals surface area (Å²) in [6.07, 6.45) is 9.26. The lowest BCUT2D eigenvalue weighted by Gasteiger charge is -2.22. The van der Waals surface area contributed by atoms with Gasteiger partial charge < -0.3 is 11.1 Å². The minimum absolute atomic E-state index is 0.438. The maximum atomic E-state index is 5.72. The van der Waals surface area contributed by atoms with Gasteiger partial charge in [0.15, 0.2) is 0 Å². The highest BCUT2D eigenvalue weighted by atomic mass is 32.1. The van der Waals surface area contributed by atoms with Gasteiger partial charge in [-0.2, -0.15) is 0 Å². The van der Waals surface area contributed by atoms with Gasteiger partial charge in [0, 0.05) is 18.3 Å². The smallest absolute Gasteiger partial charge is 0.106 e. The molecule has 1 aromatic heterocycles. The summed E-state index contributed by atoms with van der Waals surface area (Å²) in [7, 11) is 0. The molecule has 3 nitrogen and oxygen atoms in total. The van der Waals surface area contributed by atoms with E-state index in [0.717, 1.165) is 35.5 Å². The fourth-order valence-corrected chi connectivity index (χ4v) is 3.80. The standard InChI is InChI=1S/C14H19N3S/c15-14(18)12-3-4-16-8-13(12)17-7-11-6-9-1-2-10(11)5-9/h3-4,8-11,17H,1-2,5-7H2,(H2,15,18). The molecule has 2 aliphatic rings. The molecule has 1 heterocycles. The number of nitrogens with two attached hydrogens (primary N) is 1. The van der Waals surface area contributed by atoms with Crippen LogP contribution in [0.5, 0.6) is 0 Å². The third kappa shape index (κ3) is 2.21. The third-order valence-corrected chi connectivity index (χ3v) is 4.75. The van der Waals surface area contributed by atoms with Crippen molar-refractivity contribution >= 4 is 22.9 Å². The van der Waals surface area contributed by atoms with E-state index in [2.05, 4.69) is 10.3 Å². The molecule has 0 amide bonds. The first kappa shape index (κ1) is 11.9. The maximum absolute atomic E-state index is 5.72. The minimum atomic E-state index is 0.438. The fraction of sp³-hybridized carbons (Fsp3) is 0.571. The molecule has 2 aliphatic carbocycles. The van der Waals surface area contributed by atoms with Crippen LogP contribution in [-0.2, 0) is 0 Å². The van der Waals surface area contributed by atoms with Crippen molar-refractivity contribution in [2.45, 2.75) is 25.7 Å². The normalized spacial score (nSPS) is 29.4. The number of fused-ring (bicyclic) bond motifs is 2. The summed E-state index contributed by atoms with van der Waals surface area (Å²) in [6.45, 7) is 1.03. The largest absolute Gasteiger partial charge is 0.389 e. The quantitative estimate of drug-likeness (QED) is 0.818. The number of pyridine rings is 1. The molecule has 0 aromatic carbocycles. The second-order valence-corrected chi connectivity index (χ2v) is 6.04. The Bertz CT molecular complexity index is 460. The van der Waals surface area contributed by atoms with Crippen molar-refractivity contribution in [3.05, 3.63) is 24.0 Å². The zero-order valence-corrected chi connectivity index (χ0v) is 11.2. The van der Waals surface area contributed by atoms with Gasteiger partial charge in [-0.25, -0.2) is 0 Å². The van der Waals surface area contributed by atoms with E-state index in [1.807, 2.05) is 12.3 Å². The van der Waals surface area contributed by atoms with Gasteiger partial charge in [-0.3, -0.25) is 4.98 Å². The van der Waals surface area contributed by atoms with Crippen LogP contribution in [0.2, 0.25) is 0 Å². The Kier molecular flexibility index (Phi) is 3.20. The highest BCUT2D eigenvalue weighted by molar-refractivity contribution is 7.80. The minimum Gasteiger partial charge on any atom is -0.389 e. The van der Waals surface area contributed by atoms with Gasteiger partial charge in [0.1, 0.15) is 4.99 Å². The Morgan fingerprint density at radius 2 is 2.33 bits per heavy atom. The molecule has 3 N–H and O–H groups in total. The highest BCUT2D eigenvalue weighted by Gasteiger charge is 2.39. The highest BCUT2D eigenvalue weighted by Crippen LogP contribution is 2.48. The van der Waals surface area contributed by atoms with Gasteiger partial charge in [-0.05, 0) is 43.1 Å². The number of rotatable bonds is 4. The van der Waals surface area contributed by atoms with Crippen molar-refractivity contribution in [3.8, 4) is 0 Å². The van der Waals surface area contributed by atoms with E-state index in [4.69, 9.17) is 18.0 Å². The van der Waals surface area contributed by atoms with Crippen molar-refractivity contribution in [1.82, 2.24) is 4.98 Å². The Hall–Kier alpha value is -1.16. The molecule has 1 aromatic rings. The molecule has 3 atom stereocenters. The zero-order valence-electron chi connectivity index (χ0n) is 10.4. The van der Waals surface area contributed by atoms with E-state index in [-0.39, 0.29) is 0 Å². The van der Waals surface area contributed by atoms with Gasteiger partial charge >= 0.3 is 0 Å². The van der Waals surface area contributed by atoms with E-state index in [9.17, 15) is 0 Å². The average Bonchev–Trinajstić information content (AvgIpc) is 2.98. The van der Waals surface area contributed by atoms with Crippen molar-refractivity contribution in [2.24, 2.45) is 23.5 Å². The van der Waals surface area contributed by atoms with Crippen LogP contribution in [0.3, 0.4) is 0 Å². The molecular formula is C14H19N3S. The third-order valence-electron chi connectivity index (χ3n) is 4.53. The lowest BCUT2D eigenvalue weighted by atomic mass is 9.89.